The van der Waals surface area contributed by atoms with Crippen molar-refractivity contribution in [1.29, 1.82) is 0 Å². The molecule has 3 aromatic heterocycles. The number of rotatable bonds is 4. The van der Waals surface area contributed by atoms with Gasteiger partial charge in [0.2, 0.25) is 5.91 Å². The summed E-state index contributed by atoms with van der Waals surface area (Å²) >= 11 is 1.44. The lowest BCUT2D eigenvalue weighted by Gasteiger charge is -2.02. The van der Waals surface area contributed by atoms with E-state index in [2.05, 4.69) is 15.3 Å². The standard InChI is InChI=1S/C17H13N3O3S/c1-10(21)19-8-11-9-22-14-7-12(4-5-13(11)14)23-17-20-16-15(24-17)3-2-6-18-16/h2-7,9H,8H2,1H3,(H,19,21). The first kappa shape index (κ1) is 14.6. The number of furan rings is 1. The second-order valence-electron chi connectivity index (χ2n) is 5.24. The summed E-state index contributed by atoms with van der Waals surface area (Å²) in [5.41, 5.74) is 2.30. The van der Waals surface area contributed by atoms with Crippen LogP contribution in [0.1, 0.15) is 12.5 Å². The minimum atomic E-state index is -0.0752. The number of carbonyl (C=O) groups excluding carboxylic acids is 1. The average Bonchev–Trinajstić information content (AvgIpc) is 3.15. The molecule has 120 valence electrons. The van der Waals surface area contributed by atoms with E-state index in [0.29, 0.717) is 28.7 Å². The SMILES string of the molecule is CC(=O)NCc1coc2cc(Oc3nc4ncccc4s3)ccc12. The van der Waals surface area contributed by atoms with Crippen LogP contribution >= 0.6 is 11.3 Å². The van der Waals surface area contributed by atoms with Gasteiger partial charge in [-0.2, -0.15) is 4.98 Å². The smallest absolute Gasteiger partial charge is 0.281 e. The third-order valence-corrected chi connectivity index (χ3v) is 4.39. The molecule has 0 aliphatic heterocycles. The zero-order valence-electron chi connectivity index (χ0n) is 12.8. The molecule has 7 heteroatoms. The van der Waals surface area contributed by atoms with Crippen molar-refractivity contribution in [1.82, 2.24) is 15.3 Å². The second-order valence-corrected chi connectivity index (χ2v) is 6.23. The highest BCUT2D eigenvalue weighted by Crippen LogP contribution is 2.32. The Morgan fingerprint density at radius 1 is 1.38 bits per heavy atom. The van der Waals surface area contributed by atoms with Gasteiger partial charge in [-0.25, -0.2) is 4.98 Å². The van der Waals surface area contributed by atoms with E-state index < -0.39 is 0 Å². The van der Waals surface area contributed by atoms with Crippen LogP contribution in [0.4, 0.5) is 0 Å². The van der Waals surface area contributed by atoms with Crippen molar-refractivity contribution in [2.75, 3.05) is 0 Å². The molecule has 0 unspecified atom stereocenters. The zero-order valence-corrected chi connectivity index (χ0v) is 13.6. The van der Waals surface area contributed by atoms with Crippen LogP contribution in [0.25, 0.3) is 21.3 Å². The minimum absolute atomic E-state index is 0.0752. The number of hydrogen-bond acceptors (Lipinski definition) is 6. The fourth-order valence-electron chi connectivity index (χ4n) is 2.38. The molecular formula is C17H13N3O3S. The minimum Gasteiger partial charge on any atom is -0.464 e. The number of ether oxygens (including phenoxy) is 1. The second kappa shape index (κ2) is 5.93. The van der Waals surface area contributed by atoms with E-state index in [1.54, 1.807) is 12.5 Å². The predicted molar refractivity (Wildman–Crippen MR) is 91.2 cm³/mol. The Bertz CT molecular complexity index is 1000. The van der Waals surface area contributed by atoms with Crippen LogP contribution in [-0.2, 0) is 11.3 Å². The molecule has 0 bridgehead atoms. The monoisotopic (exact) mass is 339 g/mol. The normalized spacial score (nSPS) is 11.0. The molecule has 0 aliphatic rings. The van der Waals surface area contributed by atoms with Gasteiger partial charge in [0.25, 0.3) is 5.19 Å². The Morgan fingerprint density at radius 2 is 2.29 bits per heavy atom. The van der Waals surface area contributed by atoms with Crippen molar-refractivity contribution in [3.63, 3.8) is 0 Å². The summed E-state index contributed by atoms with van der Waals surface area (Å²) in [6.45, 7) is 1.92. The number of carbonyl (C=O) groups is 1. The van der Waals surface area contributed by atoms with Crippen LogP contribution in [0, 0.1) is 0 Å². The number of nitrogens with zero attached hydrogens (tertiary/aromatic N) is 2. The molecule has 4 aromatic rings. The number of benzene rings is 1. The maximum absolute atomic E-state index is 11.0. The van der Waals surface area contributed by atoms with Gasteiger partial charge in [-0.1, -0.05) is 11.3 Å². The molecule has 1 aromatic carbocycles. The first-order valence-electron chi connectivity index (χ1n) is 7.33. The van der Waals surface area contributed by atoms with E-state index in [1.807, 2.05) is 30.3 Å². The Morgan fingerprint density at radius 3 is 3.12 bits per heavy atom. The van der Waals surface area contributed by atoms with Crippen LogP contribution in [0.2, 0.25) is 0 Å². The van der Waals surface area contributed by atoms with E-state index in [9.17, 15) is 4.79 Å². The predicted octanol–water partition coefficient (Wildman–Crippen LogP) is 3.87. The lowest BCUT2D eigenvalue weighted by atomic mass is 10.1. The summed E-state index contributed by atoms with van der Waals surface area (Å²) in [6, 6.07) is 9.41. The molecule has 0 saturated carbocycles. The molecule has 1 amide bonds. The fourth-order valence-corrected chi connectivity index (χ4v) is 3.17. The summed E-state index contributed by atoms with van der Waals surface area (Å²) < 4.78 is 12.4. The van der Waals surface area contributed by atoms with Gasteiger partial charge in [-0.05, 0) is 24.3 Å². The Labute approximate surface area is 141 Å². The van der Waals surface area contributed by atoms with Crippen molar-refractivity contribution >= 4 is 38.6 Å². The van der Waals surface area contributed by atoms with Crippen molar-refractivity contribution in [2.45, 2.75) is 13.5 Å². The lowest BCUT2D eigenvalue weighted by molar-refractivity contribution is -0.119. The van der Waals surface area contributed by atoms with E-state index in [-0.39, 0.29) is 5.91 Å². The molecule has 0 saturated heterocycles. The third kappa shape index (κ3) is 2.81. The van der Waals surface area contributed by atoms with Gasteiger partial charge < -0.3 is 14.5 Å². The number of pyridine rings is 1. The summed E-state index contributed by atoms with van der Waals surface area (Å²) in [7, 11) is 0. The number of nitrogens with one attached hydrogen (secondary N) is 1. The van der Waals surface area contributed by atoms with Gasteiger partial charge in [-0.15, -0.1) is 0 Å². The van der Waals surface area contributed by atoms with Gasteiger partial charge in [-0.3, -0.25) is 4.79 Å². The molecule has 6 nitrogen and oxygen atoms in total. The summed E-state index contributed by atoms with van der Waals surface area (Å²) in [6.07, 6.45) is 3.35. The van der Waals surface area contributed by atoms with Crippen LogP contribution in [0.15, 0.2) is 47.2 Å². The van der Waals surface area contributed by atoms with Gasteiger partial charge in [0.1, 0.15) is 11.3 Å². The molecule has 3 heterocycles. The molecule has 0 fully saturated rings. The molecule has 0 radical (unpaired) electrons. The molecule has 0 aliphatic carbocycles. The molecule has 24 heavy (non-hydrogen) atoms. The number of fused-ring (bicyclic) bond motifs is 2. The number of aromatic nitrogens is 2. The zero-order chi connectivity index (χ0) is 16.5. The van der Waals surface area contributed by atoms with Crippen molar-refractivity contribution in [3.8, 4) is 10.9 Å². The van der Waals surface area contributed by atoms with Crippen molar-refractivity contribution in [3.05, 3.63) is 48.4 Å². The Balaban J connectivity index is 1.59. The van der Waals surface area contributed by atoms with Crippen LogP contribution in [-0.4, -0.2) is 15.9 Å². The Kier molecular flexibility index (Phi) is 3.62. The largest absolute Gasteiger partial charge is 0.464 e. The first-order chi connectivity index (χ1) is 11.7. The number of amides is 1. The fraction of sp³-hybridized carbons (Fsp3) is 0.118. The third-order valence-electron chi connectivity index (χ3n) is 3.51. The molecule has 4 rings (SSSR count). The Hall–Kier alpha value is -2.93. The van der Waals surface area contributed by atoms with Gasteiger partial charge in [0.05, 0.1) is 11.0 Å². The van der Waals surface area contributed by atoms with Gasteiger partial charge in [0.15, 0.2) is 5.65 Å². The van der Waals surface area contributed by atoms with Crippen molar-refractivity contribution in [2.24, 2.45) is 0 Å². The van der Waals surface area contributed by atoms with E-state index >= 15 is 0 Å². The molecule has 1 N–H and O–H groups in total. The summed E-state index contributed by atoms with van der Waals surface area (Å²) in [5, 5.41) is 4.25. The average molecular weight is 339 g/mol. The van der Waals surface area contributed by atoms with E-state index in [1.165, 1.54) is 18.3 Å². The lowest BCUT2D eigenvalue weighted by Crippen LogP contribution is -2.18. The van der Waals surface area contributed by atoms with E-state index in [0.717, 1.165) is 15.6 Å². The first-order valence-corrected chi connectivity index (χ1v) is 8.15. The quantitative estimate of drug-likeness (QED) is 0.611. The summed E-state index contributed by atoms with van der Waals surface area (Å²) in [5.74, 6) is 0.565. The summed E-state index contributed by atoms with van der Waals surface area (Å²) in [4.78, 5) is 19.6. The maximum atomic E-state index is 11.0. The topological polar surface area (TPSA) is 77.2 Å². The molecule has 0 atom stereocenters. The van der Waals surface area contributed by atoms with Crippen LogP contribution in [0.3, 0.4) is 0 Å². The van der Waals surface area contributed by atoms with Gasteiger partial charge >= 0.3 is 0 Å². The van der Waals surface area contributed by atoms with Crippen molar-refractivity contribution < 1.29 is 13.9 Å². The molecule has 0 spiro atoms. The highest BCUT2D eigenvalue weighted by Gasteiger charge is 2.10. The van der Waals surface area contributed by atoms with Crippen LogP contribution < -0.4 is 10.1 Å². The van der Waals surface area contributed by atoms with Crippen LogP contribution in [0.5, 0.6) is 10.9 Å². The van der Waals surface area contributed by atoms with Gasteiger partial charge in [0, 0.05) is 36.7 Å². The number of hydrogen-bond donors (Lipinski definition) is 1. The highest BCUT2D eigenvalue weighted by molar-refractivity contribution is 7.20. The highest BCUT2D eigenvalue weighted by atomic mass is 32.1. The van der Waals surface area contributed by atoms with E-state index in [4.69, 9.17) is 9.15 Å². The maximum Gasteiger partial charge on any atom is 0.281 e. The number of thiazole rings is 1. The molecular weight excluding hydrogens is 326 g/mol.